The van der Waals surface area contributed by atoms with Crippen LogP contribution < -0.4 is 5.11 Å². The molecule has 17 heavy (non-hydrogen) atoms. The fraction of sp³-hybridized carbons (Fsp3) is 0.900. The number of nitrogens with zero attached hydrogens (tertiary/aromatic N) is 2. The molecule has 1 rings (SSSR count). The maximum Gasteiger partial charge on any atom is 0.135 e. The van der Waals surface area contributed by atoms with Crippen LogP contribution in [0.4, 0.5) is 0 Å². The molecule has 4 nitrogen and oxygen atoms in total. The monoisotopic (exact) mass is 396 g/mol. The molecule has 1 aliphatic rings. The molecule has 0 aromatic carbocycles. The summed E-state index contributed by atoms with van der Waals surface area (Å²) in [5.41, 5.74) is 0. The number of hydrogen-bond donors (Lipinski definition) is 0. The van der Waals surface area contributed by atoms with Gasteiger partial charge in [-0.1, -0.05) is 23.2 Å². The quantitative estimate of drug-likeness (QED) is 0.174. The second-order valence-electron chi connectivity index (χ2n) is 4.28. The second-order valence-corrected chi connectivity index (χ2v) is 5.37. The number of hydrogen-bond acceptors (Lipinski definition) is 3. The lowest BCUT2D eigenvalue weighted by Gasteiger charge is -2.37. The summed E-state index contributed by atoms with van der Waals surface area (Å²) in [6.45, 7) is 5.21. The maximum atomic E-state index is 11.0. The summed E-state index contributed by atoms with van der Waals surface area (Å²) in [6, 6.07) is 0. The van der Waals surface area contributed by atoms with Crippen LogP contribution in [-0.2, 0) is 4.74 Å². The third kappa shape index (κ3) is 7.00. The summed E-state index contributed by atoms with van der Waals surface area (Å²) >= 11 is 10.8. The molecule has 1 aliphatic heterocycles. The molecule has 1 fully saturated rings. The van der Waals surface area contributed by atoms with Crippen LogP contribution in [0.25, 0.3) is 0 Å². The van der Waals surface area contributed by atoms with Crippen molar-refractivity contribution in [2.45, 2.75) is 11.3 Å². The van der Waals surface area contributed by atoms with Gasteiger partial charge in [0.2, 0.25) is 0 Å². The molecule has 0 aromatic heterocycles. The fourth-order valence-corrected chi connectivity index (χ4v) is 1.86. The minimum absolute atomic E-state index is 0. The van der Waals surface area contributed by atoms with Gasteiger partial charge in [0, 0.05) is 13.0 Å². The third-order valence-corrected chi connectivity index (χ3v) is 3.23. The summed E-state index contributed by atoms with van der Waals surface area (Å²) in [5.74, 6) is -0.437. The van der Waals surface area contributed by atoms with Crippen molar-refractivity contribution in [1.29, 1.82) is 0 Å². The van der Waals surface area contributed by atoms with Crippen LogP contribution in [0.3, 0.4) is 0 Å². The molecule has 0 spiro atoms. The van der Waals surface area contributed by atoms with Crippen LogP contribution >= 0.6 is 47.2 Å². The lowest BCUT2D eigenvalue weighted by molar-refractivity contribution is -0.916. The average molecular weight is 397 g/mol. The second kappa shape index (κ2) is 8.74. The van der Waals surface area contributed by atoms with Gasteiger partial charge in [-0.05, 0) is 5.90 Å². The van der Waals surface area contributed by atoms with Crippen molar-refractivity contribution in [2.24, 2.45) is 4.99 Å². The fourth-order valence-electron chi connectivity index (χ4n) is 1.72. The number of aliphatic imine (C=N–C) groups is 1. The van der Waals surface area contributed by atoms with E-state index in [2.05, 4.69) is 12.0 Å². The van der Waals surface area contributed by atoms with E-state index in [9.17, 15) is 5.11 Å². The predicted molar refractivity (Wildman–Crippen MR) is 79.4 cm³/mol. The Hall–Kier alpha value is 0.700. The predicted octanol–water partition coefficient (Wildman–Crippen LogP) is 1.03. The minimum Gasteiger partial charge on any atom is -0.860 e. The summed E-state index contributed by atoms with van der Waals surface area (Å²) in [7, 11) is 2.20. The standard InChI is InChI=1S/C10H18Cl2N2O2.HI/c1-14(5-7-16-8-6-14)4-2-3-13-10(15)9(11)12;/h9H,2-8H2,1H3;1H. The van der Waals surface area contributed by atoms with Crippen molar-refractivity contribution >= 4 is 53.1 Å². The van der Waals surface area contributed by atoms with Crippen molar-refractivity contribution in [3.63, 3.8) is 0 Å². The van der Waals surface area contributed by atoms with E-state index in [4.69, 9.17) is 27.9 Å². The van der Waals surface area contributed by atoms with Crippen LogP contribution in [0.2, 0.25) is 0 Å². The molecule has 0 saturated carbocycles. The summed E-state index contributed by atoms with van der Waals surface area (Å²) in [6.07, 6.45) is 0.878. The van der Waals surface area contributed by atoms with Gasteiger partial charge in [0.15, 0.2) is 0 Å². The number of morpholine rings is 1. The Kier molecular flexibility index (Phi) is 9.10. The van der Waals surface area contributed by atoms with E-state index < -0.39 is 10.7 Å². The first-order chi connectivity index (χ1) is 7.53. The van der Waals surface area contributed by atoms with Gasteiger partial charge in [-0.2, -0.15) is 0 Å². The lowest BCUT2D eigenvalue weighted by atomic mass is 10.3. The molecule has 0 amide bonds. The SMILES string of the molecule is C[N+]1(CCCN=C([O-])C(Cl)Cl)CCOCC1.I. The molecule has 0 radical (unpaired) electrons. The molecule has 0 N–H and O–H groups in total. The Morgan fingerprint density at radius 2 is 2.00 bits per heavy atom. The number of alkyl halides is 2. The van der Waals surface area contributed by atoms with E-state index in [1.165, 1.54) is 0 Å². The van der Waals surface area contributed by atoms with Crippen molar-refractivity contribution in [3.8, 4) is 0 Å². The molecule has 1 saturated heterocycles. The van der Waals surface area contributed by atoms with E-state index in [0.29, 0.717) is 6.54 Å². The van der Waals surface area contributed by atoms with Crippen LogP contribution in [0.1, 0.15) is 6.42 Å². The zero-order valence-electron chi connectivity index (χ0n) is 9.90. The molecule has 0 unspecified atom stereocenters. The van der Waals surface area contributed by atoms with E-state index in [-0.39, 0.29) is 24.0 Å². The van der Waals surface area contributed by atoms with E-state index in [0.717, 1.165) is 43.8 Å². The van der Waals surface area contributed by atoms with Gasteiger partial charge < -0.3 is 19.3 Å². The first-order valence-corrected chi connectivity index (χ1v) is 6.32. The molecular weight excluding hydrogens is 378 g/mol. The number of halogens is 3. The minimum atomic E-state index is -1.02. The smallest absolute Gasteiger partial charge is 0.135 e. The Balaban J connectivity index is 0.00000256. The highest BCUT2D eigenvalue weighted by molar-refractivity contribution is 14.0. The highest BCUT2D eigenvalue weighted by Crippen LogP contribution is 2.08. The molecule has 102 valence electrons. The van der Waals surface area contributed by atoms with Crippen molar-refractivity contribution in [1.82, 2.24) is 0 Å². The Bertz CT molecular complexity index is 246. The average Bonchev–Trinajstić information content (AvgIpc) is 2.25. The van der Waals surface area contributed by atoms with Crippen molar-refractivity contribution < 1.29 is 14.3 Å². The van der Waals surface area contributed by atoms with Crippen LogP contribution in [0, 0.1) is 0 Å². The van der Waals surface area contributed by atoms with Crippen molar-refractivity contribution in [3.05, 3.63) is 0 Å². The first kappa shape index (κ1) is 17.7. The van der Waals surface area contributed by atoms with Gasteiger partial charge in [0.25, 0.3) is 0 Å². The number of ether oxygens (including phenoxy) is 1. The topological polar surface area (TPSA) is 44.7 Å². The lowest BCUT2D eigenvalue weighted by Crippen LogP contribution is -2.52. The Morgan fingerprint density at radius 3 is 2.53 bits per heavy atom. The summed E-state index contributed by atoms with van der Waals surface area (Å²) in [4.78, 5) is 2.77. The summed E-state index contributed by atoms with van der Waals surface area (Å²) in [5, 5.41) is 11.0. The molecule has 0 aromatic rings. The Labute approximate surface area is 130 Å². The van der Waals surface area contributed by atoms with Crippen LogP contribution in [-0.4, -0.2) is 61.7 Å². The molecule has 7 heteroatoms. The van der Waals surface area contributed by atoms with Gasteiger partial charge in [-0.25, -0.2) is 0 Å². The van der Waals surface area contributed by atoms with Crippen LogP contribution in [0.5, 0.6) is 0 Å². The molecular formula is C10H19Cl2IN2O2. The Morgan fingerprint density at radius 1 is 1.41 bits per heavy atom. The molecule has 0 bridgehead atoms. The van der Waals surface area contributed by atoms with E-state index >= 15 is 0 Å². The number of quaternary nitrogens is 1. The van der Waals surface area contributed by atoms with Gasteiger partial charge in [-0.3, -0.25) is 0 Å². The third-order valence-electron chi connectivity index (χ3n) is 2.86. The van der Waals surface area contributed by atoms with E-state index in [1.807, 2.05) is 0 Å². The zero-order valence-corrected chi connectivity index (χ0v) is 13.7. The maximum absolute atomic E-state index is 11.0. The van der Waals surface area contributed by atoms with Gasteiger partial charge in [-0.15, -0.1) is 24.0 Å². The highest BCUT2D eigenvalue weighted by Gasteiger charge is 2.24. The number of likely N-dealkylation sites (N-methyl/N-ethyl adjacent to an activating group) is 1. The normalized spacial score (nSPS) is 20.1. The van der Waals surface area contributed by atoms with Crippen LogP contribution in [0.15, 0.2) is 4.99 Å². The molecule has 1 heterocycles. The zero-order chi connectivity index (χ0) is 12.0. The van der Waals surface area contributed by atoms with E-state index in [1.54, 1.807) is 0 Å². The number of rotatable bonds is 5. The van der Waals surface area contributed by atoms with Gasteiger partial charge >= 0.3 is 0 Å². The highest BCUT2D eigenvalue weighted by atomic mass is 127. The first-order valence-electron chi connectivity index (χ1n) is 5.44. The largest absolute Gasteiger partial charge is 0.860 e. The van der Waals surface area contributed by atoms with Gasteiger partial charge in [0.05, 0.1) is 26.8 Å². The molecule has 0 atom stereocenters. The summed E-state index contributed by atoms with van der Waals surface area (Å²) < 4.78 is 6.31. The van der Waals surface area contributed by atoms with Gasteiger partial charge in [0.1, 0.15) is 17.9 Å². The van der Waals surface area contributed by atoms with Crippen molar-refractivity contribution in [2.75, 3.05) is 46.4 Å². The molecule has 0 aliphatic carbocycles.